The SMILES string of the molecule is COc1ccc(CN2CCNC(=O)[C@@H]2CC(=O)N(C)C)c(OC)c1. The van der Waals surface area contributed by atoms with Crippen LogP contribution in [0.3, 0.4) is 0 Å². The van der Waals surface area contributed by atoms with Crippen LogP contribution in [0.1, 0.15) is 12.0 Å². The van der Waals surface area contributed by atoms with Crippen LogP contribution < -0.4 is 14.8 Å². The molecule has 0 saturated carbocycles. The molecule has 0 aliphatic carbocycles. The monoisotopic (exact) mass is 335 g/mol. The molecule has 7 nitrogen and oxygen atoms in total. The van der Waals surface area contributed by atoms with E-state index in [0.29, 0.717) is 31.1 Å². The molecule has 1 N–H and O–H groups in total. The number of hydrogen-bond donors (Lipinski definition) is 1. The summed E-state index contributed by atoms with van der Waals surface area (Å²) in [6, 6.07) is 5.14. The molecular formula is C17H25N3O4. The molecule has 1 atom stereocenters. The number of carbonyl (C=O) groups is 2. The molecule has 1 aromatic carbocycles. The van der Waals surface area contributed by atoms with Crippen molar-refractivity contribution < 1.29 is 19.1 Å². The first-order chi connectivity index (χ1) is 11.5. The molecule has 1 aliphatic rings. The number of piperazine rings is 1. The third-order valence-electron chi connectivity index (χ3n) is 4.18. The number of ether oxygens (including phenoxy) is 2. The van der Waals surface area contributed by atoms with Gasteiger partial charge in [0.25, 0.3) is 0 Å². The van der Waals surface area contributed by atoms with E-state index in [1.165, 1.54) is 4.90 Å². The Labute approximate surface area is 142 Å². The predicted octanol–water partition coefficient (Wildman–Crippen LogP) is 0.483. The van der Waals surface area contributed by atoms with Gasteiger partial charge in [-0.05, 0) is 6.07 Å². The van der Waals surface area contributed by atoms with Crippen LogP contribution in [0.25, 0.3) is 0 Å². The van der Waals surface area contributed by atoms with Crippen LogP contribution in [-0.2, 0) is 16.1 Å². The molecule has 132 valence electrons. The summed E-state index contributed by atoms with van der Waals surface area (Å²) in [5.74, 6) is 1.25. The lowest BCUT2D eigenvalue weighted by Gasteiger charge is -2.35. The van der Waals surface area contributed by atoms with Crippen molar-refractivity contribution >= 4 is 11.8 Å². The number of benzene rings is 1. The van der Waals surface area contributed by atoms with Crippen molar-refractivity contribution in [1.82, 2.24) is 15.1 Å². The van der Waals surface area contributed by atoms with E-state index in [4.69, 9.17) is 9.47 Å². The zero-order valence-corrected chi connectivity index (χ0v) is 14.7. The third kappa shape index (κ3) is 4.17. The van der Waals surface area contributed by atoms with Gasteiger partial charge in [0.15, 0.2) is 0 Å². The average Bonchev–Trinajstić information content (AvgIpc) is 2.57. The third-order valence-corrected chi connectivity index (χ3v) is 4.18. The fourth-order valence-electron chi connectivity index (χ4n) is 2.72. The number of nitrogens with one attached hydrogen (secondary N) is 1. The quantitative estimate of drug-likeness (QED) is 0.819. The number of amides is 2. The summed E-state index contributed by atoms with van der Waals surface area (Å²) in [6.07, 6.45) is 0.164. The molecule has 2 rings (SSSR count). The summed E-state index contributed by atoms with van der Waals surface area (Å²) < 4.78 is 10.6. The lowest BCUT2D eigenvalue weighted by molar-refractivity contribution is -0.137. The Morgan fingerprint density at radius 2 is 2.08 bits per heavy atom. The van der Waals surface area contributed by atoms with Gasteiger partial charge in [0.1, 0.15) is 11.5 Å². The predicted molar refractivity (Wildman–Crippen MR) is 90.1 cm³/mol. The normalized spacial score (nSPS) is 18.0. The molecular weight excluding hydrogens is 310 g/mol. The zero-order chi connectivity index (χ0) is 17.7. The van der Waals surface area contributed by atoms with Crippen LogP contribution in [0, 0.1) is 0 Å². The van der Waals surface area contributed by atoms with E-state index >= 15 is 0 Å². The van der Waals surface area contributed by atoms with E-state index in [2.05, 4.69) is 5.32 Å². The number of carbonyl (C=O) groups excluding carboxylic acids is 2. The minimum atomic E-state index is -0.472. The molecule has 1 heterocycles. The van der Waals surface area contributed by atoms with E-state index in [-0.39, 0.29) is 18.2 Å². The van der Waals surface area contributed by atoms with E-state index in [9.17, 15) is 9.59 Å². The number of rotatable bonds is 6. The highest BCUT2D eigenvalue weighted by Crippen LogP contribution is 2.27. The van der Waals surface area contributed by atoms with Gasteiger partial charge in [-0.15, -0.1) is 0 Å². The van der Waals surface area contributed by atoms with Crippen molar-refractivity contribution in [3.63, 3.8) is 0 Å². The maximum absolute atomic E-state index is 12.2. The highest BCUT2D eigenvalue weighted by molar-refractivity contribution is 5.88. The van der Waals surface area contributed by atoms with Crippen LogP contribution >= 0.6 is 0 Å². The Morgan fingerprint density at radius 1 is 1.33 bits per heavy atom. The first-order valence-electron chi connectivity index (χ1n) is 7.89. The molecule has 0 spiro atoms. The van der Waals surface area contributed by atoms with Crippen molar-refractivity contribution in [3.05, 3.63) is 23.8 Å². The smallest absolute Gasteiger partial charge is 0.237 e. The highest BCUT2D eigenvalue weighted by atomic mass is 16.5. The Hall–Kier alpha value is -2.28. The molecule has 1 saturated heterocycles. The minimum absolute atomic E-state index is 0.0660. The highest BCUT2D eigenvalue weighted by Gasteiger charge is 2.32. The van der Waals surface area contributed by atoms with Gasteiger partial charge in [0.05, 0.1) is 26.7 Å². The summed E-state index contributed by atoms with van der Waals surface area (Å²) in [7, 11) is 6.60. The van der Waals surface area contributed by atoms with Crippen LogP contribution in [-0.4, -0.2) is 69.1 Å². The zero-order valence-electron chi connectivity index (χ0n) is 14.7. The van der Waals surface area contributed by atoms with Crippen LogP contribution in [0.2, 0.25) is 0 Å². The molecule has 24 heavy (non-hydrogen) atoms. The van der Waals surface area contributed by atoms with Gasteiger partial charge < -0.3 is 19.7 Å². The van der Waals surface area contributed by atoms with Crippen LogP contribution in [0.5, 0.6) is 11.5 Å². The minimum Gasteiger partial charge on any atom is -0.497 e. The maximum Gasteiger partial charge on any atom is 0.237 e. The van der Waals surface area contributed by atoms with Gasteiger partial charge in [-0.1, -0.05) is 6.07 Å². The van der Waals surface area contributed by atoms with Gasteiger partial charge in [-0.3, -0.25) is 14.5 Å². The van der Waals surface area contributed by atoms with E-state index in [1.807, 2.05) is 23.1 Å². The summed E-state index contributed by atoms with van der Waals surface area (Å²) in [4.78, 5) is 27.8. The fourth-order valence-corrected chi connectivity index (χ4v) is 2.72. The second kappa shape index (κ2) is 8.01. The Balaban J connectivity index is 2.19. The van der Waals surface area contributed by atoms with E-state index < -0.39 is 6.04 Å². The maximum atomic E-state index is 12.2. The van der Waals surface area contributed by atoms with E-state index in [0.717, 1.165) is 5.56 Å². The standard InChI is InChI=1S/C17H25N3O4/c1-19(2)16(21)10-14-17(22)18-7-8-20(14)11-12-5-6-13(23-3)9-15(12)24-4/h5-6,9,14H,7-8,10-11H2,1-4H3,(H,18,22)/t14-/m0/s1. The first kappa shape index (κ1) is 18.1. The van der Waals surface area contributed by atoms with Crippen molar-refractivity contribution in [2.75, 3.05) is 41.4 Å². The topological polar surface area (TPSA) is 71.1 Å². The van der Waals surface area contributed by atoms with Gasteiger partial charge in [-0.2, -0.15) is 0 Å². The summed E-state index contributed by atoms with van der Waals surface area (Å²) in [6.45, 7) is 1.79. The average molecular weight is 335 g/mol. The Bertz CT molecular complexity index is 603. The van der Waals surface area contributed by atoms with Gasteiger partial charge in [0.2, 0.25) is 11.8 Å². The van der Waals surface area contributed by atoms with Crippen LogP contribution in [0.15, 0.2) is 18.2 Å². The largest absolute Gasteiger partial charge is 0.497 e. The van der Waals surface area contributed by atoms with Gasteiger partial charge in [-0.25, -0.2) is 0 Å². The molecule has 0 aromatic heterocycles. The molecule has 0 radical (unpaired) electrons. The Morgan fingerprint density at radius 3 is 2.71 bits per heavy atom. The van der Waals surface area contributed by atoms with Gasteiger partial charge >= 0.3 is 0 Å². The summed E-state index contributed by atoms with van der Waals surface area (Å²) in [5.41, 5.74) is 0.954. The molecule has 1 fully saturated rings. The van der Waals surface area contributed by atoms with E-state index in [1.54, 1.807) is 28.3 Å². The fraction of sp³-hybridized carbons (Fsp3) is 0.529. The molecule has 0 unspecified atom stereocenters. The lowest BCUT2D eigenvalue weighted by atomic mass is 10.1. The second-order valence-electron chi connectivity index (χ2n) is 5.95. The number of nitrogens with zero attached hydrogens (tertiary/aromatic N) is 2. The molecule has 1 aliphatic heterocycles. The molecule has 7 heteroatoms. The lowest BCUT2D eigenvalue weighted by Crippen LogP contribution is -2.56. The molecule has 2 amide bonds. The van der Waals surface area contributed by atoms with Crippen molar-refractivity contribution in [2.24, 2.45) is 0 Å². The summed E-state index contributed by atoms with van der Waals surface area (Å²) in [5, 5.41) is 2.84. The van der Waals surface area contributed by atoms with Gasteiger partial charge in [0, 0.05) is 45.4 Å². The number of hydrogen-bond acceptors (Lipinski definition) is 5. The van der Waals surface area contributed by atoms with Crippen molar-refractivity contribution in [1.29, 1.82) is 0 Å². The van der Waals surface area contributed by atoms with Crippen LogP contribution in [0.4, 0.5) is 0 Å². The number of methoxy groups -OCH3 is 2. The Kier molecular flexibility index (Phi) is 6.03. The van der Waals surface area contributed by atoms with Crippen molar-refractivity contribution in [3.8, 4) is 11.5 Å². The van der Waals surface area contributed by atoms with Crippen molar-refractivity contribution in [2.45, 2.75) is 19.0 Å². The summed E-state index contributed by atoms with van der Waals surface area (Å²) >= 11 is 0. The molecule has 1 aromatic rings. The first-order valence-corrected chi connectivity index (χ1v) is 7.89. The second-order valence-corrected chi connectivity index (χ2v) is 5.95. The molecule has 0 bridgehead atoms.